The van der Waals surface area contributed by atoms with E-state index in [0.717, 1.165) is 25.7 Å². The first kappa shape index (κ1) is 15.0. The van der Waals surface area contributed by atoms with Crippen molar-refractivity contribution in [1.29, 1.82) is 0 Å². The van der Waals surface area contributed by atoms with Crippen LogP contribution in [0.4, 0.5) is 5.69 Å². The number of hydrogen-bond donors (Lipinski definition) is 1. The van der Waals surface area contributed by atoms with Gasteiger partial charge in [0.1, 0.15) is 0 Å². The number of benzene rings is 1. The first-order valence-electron chi connectivity index (χ1n) is 5.10. The summed E-state index contributed by atoms with van der Waals surface area (Å²) in [7, 11) is 0. The zero-order valence-corrected chi connectivity index (χ0v) is 16.5. The summed E-state index contributed by atoms with van der Waals surface area (Å²) in [5.41, 5.74) is 1.07. The van der Waals surface area contributed by atoms with Crippen molar-refractivity contribution in [3.05, 3.63) is 45.8 Å². The summed E-state index contributed by atoms with van der Waals surface area (Å²) in [5, 5.41) is 3.44. The number of hydrogen-bond acceptors (Lipinski definition) is 2. The van der Waals surface area contributed by atoms with Gasteiger partial charge in [-0.15, -0.1) is 11.3 Å². The highest BCUT2D eigenvalue weighted by Gasteiger charge is 2.08. The van der Waals surface area contributed by atoms with Crippen molar-refractivity contribution in [2.75, 3.05) is 5.32 Å². The molecule has 6 heteroatoms. The Labute approximate surface area is 144 Å². The third-order valence-corrected chi connectivity index (χ3v) is 6.20. The van der Waals surface area contributed by atoms with Gasteiger partial charge in [-0.25, -0.2) is 0 Å². The molecule has 1 N–H and O–H groups in total. The Kier molecular flexibility index (Phi) is 5.34. The molecule has 0 bridgehead atoms. The van der Waals surface area contributed by atoms with Gasteiger partial charge in [-0.05, 0) is 72.9 Å². The molecule has 0 fully saturated rings. The zero-order chi connectivity index (χ0) is 13.3. The van der Waals surface area contributed by atoms with Crippen molar-refractivity contribution in [1.82, 2.24) is 0 Å². The first-order valence-corrected chi connectivity index (χ1v) is 9.09. The van der Waals surface area contributed by atoms with E-state index >= 15 is 0 Å². The standard InChI is InChI=1S/C12H9Br4NS/c1-6-9(14)4-8(18-6)5-17-12-10(15)2-7(13)3-11(12)16/h2-4,17H,5H2,1H3. The third kappa shape index (κ3) is 3.60. The van der Waals surface area contributed by atoms with Crippen LogP contribution >= 0.6 is 75.1 Å². The maximum Gasteiger partial charge on any atom is 0.0632 e. The van der Waals surface area contributed by atoms with Crippen LogP contribution in [-0.2, 0) is 6.54 Å². The van der Waals surface area contributed by atoms with Gasteiger partial charge in [-0.3, -0.25) is 0 Å². The minimum absolute atomic E-state index is 0.815. The number of rotatable bonds is 3. The van der Waals surface area contributed by atoms with E-state index in [-0.39, 0.29) is 0 Å². The van der Waals surface area contributed by atoms with E-state index < -0.39 is 0 Å². The molecule has 0 unspecified atom stereocenters. The normalized spacial score (nSPS) is 10.7. The van der Waals surface area contributed by atoms with E-state index in [1.807, 2.05) is 12.1 Å². The van der Waals surface area contributed by atoms with Crippen LogP contribution in [0.1, 0.15) is 9.75 Å². The lowest BCUT2D eigenvalue weighted by Gasteiger charge is -2.10. The van der Waals surface area contributed by atoms with E-state index in [4.69, 9.17) is 0 Å². The number of thiophene rings is 1. The Morgan fingerprint density at radius 1 is 1.00 bits per heavy atom. The molecule has 0 amide bonds. The molecule has 18 heavy (non-hydrogen) atoms. The number of nitrogens with one attached hydrogen (secondary N) is 1. The summed E-state index contributed by atoms with van der Waals surface area (Å²) in [6, 6.07) is 6.22. The number of aryl methyl sites for hydroxylation is 1. The van der Waals surface area contributed by atoms with Gasteiger partial charge in [0, 0.05) is 34.2 Å². The molecule has 1 aromatic carbocycles. The molecular formula is C12H9Br4NS. The second-order valence-corrected chi connectivity index (χ2v) is 8.53. The van der Waals surface area contributed by atoms with E-state index in [0.29, 0.717) is 0 Å². The van der Waals surface area contributed by atoms with Crippen molar-refractivity contribution < 1.29 is 0 Å². The average Bonchev–Trinajstić information content (AvgIpc) is 2.56. The molecule has 0 saturated carbocycles. The quantitative estimate of drug-likeness (QED) is 0.476. The Morgan fingerprint density at radius 2 is 1.61 bits per heavy atom. The highest BCUT2D eigenvalue weighted by Crippen LogP contribution is 2.35. The van der Waals surface area contributed by atoms with Gasteiger partial charge in [0.15, 0.2) is 0 Å². The molecule has 0 aliphatic heterocycles. The summed E-state index contributed by atoms with van der Waals surface area (Å²) in [6.07, 6.45) is 0. The van der Waals surface area contributed by atoms with Crippen LogP contribution in [-0.4, -0.2) is 0 Å². The van der Waals surface area contributed by atoms with E-state index in [1.165, 1.54) is 14.2 Å². The molecular weight excluding hydrogens is 510 g/mol. The molecule has 0 spiro atoms. The minimum atomic E-state index is 0.815. The molecule has 0 aliphatic carbocycles. The van der Waals surface area contributed by atoms with Crippen LogP contribution < -0.4 is 5.32 Å². The van der Waals surface area contributed by atoms with Crippen LogP contribution in [0, 0.1) is 6.92 Å². The second kappa shape index (κ2) is 6.39. The van der Waals surface area contributed by atoms with Crippen LogP contribution in [0.25, 0.3) is 0 Å². The lowest BCUT2D eigenvalue weighted by atomic mass is 10.3. The Morgan fingerprint density at radius 3 is 2.11 bits per heavy atom. The predicted molar refractivity (Wildman–Crippen MR) is 93.6 cm³/mol. The van der Waals surface area contributed by atoms with Crippen LogP contribution in [0.2, 0.25) is 0 Å². The Bertz CT molecular complexity index is 537. The molecule has 0 atom stereocenters. The SMILES string of the molecule is Cc1sc(CNc2c(Br)cc(Br)cc2Br)cc1Br. The molecule has 0 saturated heterocycles. The number of halogens is 4. The fourth-order valence-corrected chi connectivity index (χ4v) is 5.57. The third-order valence-electron chi connectivity index (χ3n) is 2.35. The summed E-state index contributed by atoms with van der Waals surface area (Å²) >= 11 is 15.9. The molecule has 0 aliphatic rings. The van der Waals surface area contributed by atoms with Crippen LogP contribution in [0.5, 0.6) is 0 Å². The average molecular weight is 519 g/mol. The molecule has 1 nitrogen and oxygen atoms in total. The maximum absolute atomic E-state index is 3.56. The smallest absolute Gasteiger partial charge is 0.0632 e. The van der Waals surface area contributed by atoms with Gasteiger partial charge < -0.3 is 5.32 Å². The summed E-state index contributed by atoms with van der Waals surface area (Å²) in [5.74, 6) is 0. The Balaban J connectivity index is 2.15. The van der Waals surface area contributed by atoms with Gasteiger partial charge in [0.05, 0.1) is 5.69 Å². The monoisotopic (exact) mass is 515 g/mol. The van der Waals surface area contributed by atoms with Crippen molar-refractivity contribution in [3.8, 4) is 0 Å². The number of anilines is 1. The summed E-state index contributed by atoms with van der Waals surface area (Å²) < 4.78 is 4.30. The van der Waals surface area contributed by atoms with Crippen molar-refractivity contribution >= 4 is 80.7 Å². The van der Waals surface area contributed by atoms with Crippen molar-refractivity contribution in [2.24, 2.45) is 0 Å². The molecule has 0 radical (unpaired) electrons. The zero-order valence-electron chi connectivity index (χ0n) is 9.36. The fourth-order valence-electron chi connectivity index (χ4n) is 1.49. The summed E-state index contributed by atoms with van der Waals surface area (Å²) in [4.78, 5) is 2.61. The second-order valence-electron chi connectivity index (χ2n) is 3.71. The molecule has 2 rings (SSSR count). The predicted octanol–water partition coefficient (Wildman–Crippen LogP) is 6.72. The van der Waals surface area contributed by atoms with E-state index in [1.54, 1.807) is 11.3 Å². The molecule has 96 valence electrons. The van der Waals surface area contributed by atoms with Crippen LogP contribution in [0.15, 0.2) is 36.1 Å². The lowest BCUT2D eigenvalue weighted by Crippen LogP contribution is -1.99. The molecule has 2 aromatic rings. The Hall–Kier alpha value is 0.640. The van der Waals surface area contributed by atoms with Crippen molar-refractivity contribution in [2.45, 2.75) is 13.5 Å². The molecule has 1 aromatic heterocycles. The van der Waals surface area contributed by atoms with Gasteiger partial charge in [-0.2, -0.15) is 0 Å². The van der Waals surface area contributed by atoms with Gasteiger partial charge in [-0.1, -0.05) is 15.9 Å². The van der Waals surface area contributed by atoms with E-state index in [2.05, 4.69) is 82.0 Å². The summed E-state index contributed by atoms with van der Waals surface area (Å²) in [6.45, 7) is 2.93. The van der Waals surface area contributed by atoms with Crippen LogP contribution in [0.3, 0.4) is 0 Å². The van der Waals surface area contributed by atoms with Gasteiger partial charge >= 0.3 is 0 Å². The largest absolute Gasteiger partial charge is 0.378 e. The molecule has 1 heterocycles. The minimum Gasteiger partial charge on any atom is -0.378 e. The van der Waals surface area contributed by atoms with Crippen molar-refractivity contribution in [3.63, 3.8) is 0 Å². The highest BCUT2D eigenvalue weighted by atomic mass is 79.9. The topological polar surface area (TPSA) is 12.0 Å². The van der Waals surface area contributed by atoms with Gasteiger partial charge in [0.2, 0.25) is 0 Å². The highest BCUT2D eigenvalue weighted by molar-refractivity contribution is 9.11. The fraction of sp³-hybridized carbons (Fsp3) is 0.167. The van der Waals surface area contributed by atoms with E-state index in [9.17, 15) is 0 Å². The lowest BCUT2D eigenvalue weighted by molar-refractivity contribution is 1.18. The first-order chi connectivity index (χ1) is 8.47. The van der Waals surface area contributed by atoms with Gasteiger partial charge in [0.25, 0.3) is 0 Å². The maximum atomic E-state index is 3.56.